The molecule has 0 saturated heterocycles. The lowest BCUT2D eigenvalue weighted by molar-refractivity contribution is -0.111. The Balaban J connectivity index is 2.79. The zero-order valence-electron chi connectivity index (χ0n) is 17.2. The van der Waals surface area contributed by atoms with Gasteiger partial charge >= 0.3 is 0 Å². The number of hydrogen-bond donors (Lipinski definition) is 2. The third-order valence-electron chi connectivity index (χ3n) is 4.48. The van der Waals surface area contributed by atoms with Crippen LogP contribution in [0.5, 0.6) is 0 Å². The average molecular weight is 394 g/mol. The fourth-order valence-electron chi connectivity index (χ4n) is 3.04. The van der Waals surface area contributed by atoms with E-state index >= 15 is 0 Å². The summed E-state index contributed by atoms with van der Waals surface area (Å²) in [4.78, 5) is 14.2. The molecule has 0 aliphatic rings. The predicted octanol–water partition coefficient (Wildman–Crippen LogP) is 6.11. The van der Waals surface area contributed by atoms with E-state index in [1.54, 1.807) is 6.92 Å². The third kappa shape index (κ3) is 9.71. The molecule has 0 radical (unpaired) electrons. The fourth-order valence-corrected chi connectivity index (χ4v) is 3.34. The minimum atomic E-state index is -0.241. The van der Waals surface area contributed by atoms with Gasteiger partial charge in [-0.25, -0.2) is 0 Å². The number of nitrogens with zero attached hydrogens (tertiary/aromatic N) is 1. The number of rotatable bonds is 13. The molecule has 1 rings (SSSR count). The van der Waals surface area contributed by atoms with Gasteiger partial charge in [-0.15, -0.1) is 0 Å². The fraction of sp³-hybridized carbons (Fsp3) is 0.591. The Bertz CT molecular complexity index is 585. The standard InChI is InChI=1S/C22H36ClN3O/c1-4-6-8-10-14-26(15-11-9-7-5-2)21-13-12-19(17-20(21)23)25-22(27)16-18(3)24/h12-13,16-17H,4-11,14-15,24H2,1-3H3,(H,25,27). The lowest BCUT2D eigenvalue weighted by Crippen LogP contribution is -2.26. The largest absolute Gasteiger partial charge is 0.402 e. The van der Waals surface area contributed by atoms with Gasteiger partial charge in [0, 0.05) is 30.5 Å². The Hall–Kier alpha value is -1.68. The summed E-state index contributed by atoms with van der Waals surface area (Å²) in [5, 5.41) is 3.48. The van der Waals surface area contributed by atoms with E-state index in [0.717, 1.165) is 18.8 Å². The second-order valence-corrected chi connectivity index (χ2v) is 7.56. The number of carbonyl (C=O) groups is 1. The maximum Gasteiger partial charge on any atom is 0.250 e. The van der Waals surface area contributed by atoms with Gasteiger partial charge in [0.2, 0.25) is 5.91 Å². The van der Waals surface area contributed by atoms with E-state index in [-0.39, 0.29) is 5.91 Å². The topological polar surface area (TPSA) is 58.4 Å². The zero-order chi connectivity index (χ0) is 20.1. The summed E-state index contributed by atoms with van der Waals surface area (Å²) in [5.74, 6) is -0.241. The molecule has 152 valence electrons. The van der Waals surface area contributed by atoms with Crippen LogP contribution in [0.25, 0.3) is 0 Å². The highest BCUT2D eigenvalue weighted by molar-refractivity contribution is 6.33. The molecule has 27 heavy (non-hydrogen) atoms. The number of carbonyl (C=O) groups excluding carboxylic acids is 1. The van der Waals surface area contributed by atoms with Crippen LogP contribution in [0.2, 0.25) is 5.02 Å². The van der Waals surface area contributed by atoms with Crippen molar-refractivity contribution >= 4 is 28.9 Å². The highest BCUT2D eigenvalue weighted by Gasteiger charge is 2.11. The van der Waals surface area contributed by atoms with Crippen molar-refractivity contribution in [2.75, 3.05) is 23.3 Å². The van der Waals surface area contributed by atoms with E-state index in [1.165, 1.54) is 57.4 Å². The number of hydrogen-bond acceptors (Lipinski definition) is 3. The number of anilines is 2. The second kappa shape index (κ2) is 13.5. The first-order valence-electron chi connectivity index (χ1n) is 10.3. The summed E-state index contributed by atoms with van der Waals surface area (Å²) in [6, 6.07) is 5.74. The Morgan fingerprint density at radius 1 is 1.07 bits per heavy atom. The number of unbranched alkanes of at least 4 members (excludes halogenated alkanes) is 6. The van der Waals surface area contributed by atoms with Crippen molar-refractivity contribution < 1.29 is 4.79 Å². The summed E-state index contributed by atoms with van der Waals surface area (Å²) in [6.45, 7) is 8.19. The van der Waals surface area contributed by atoms with Gasteiger partial charge in [0.1, 0.15) is 0 Å². The molecular weight excluding hydrogens is 358 g/mol. The Labute approximate surface area is 170 Å². The van der Waals surface area contributed by atoms with Crippen molar-refractivity contribution in [3.8, 4) is 0 Å². The first-order chi connectivity index (χ1) is 13.0. The lowest BCUT2D eigenvalue weighted by Gasteiger charge is -2.26. The van der Waals surface area contributed by atoms with Crippen LogP contribution in [-0.4, -0.2) is 19.0 Å². The smallest absolute Gasteiger partial charge is 0.250 e. The van der Waals surface area contributed by atoms with Crippen LogP contribution < -0.4 is 16.0 Å². The minimum Gasteiger partial charge on any atom is -0.402 e. The van der Waals surface area contributed by atoms with Crippen LogP contribution >= 0.6 is 11.6 Å². The van der Waals surface area contributed by atoms with Crippen LogP contribution in [0, 0.1) is 0 Å². The molecule has 0 aliphatic carbocycles. The molecular formula is C22H36ClN3O. The Kier molecular flexibility index (Phi) is 11.7. The van der Waals surface area contributed by atoms with Crippen LogP contribution in [0.4, 0.5) is 11.4 Å². The number of amides is 1. The number of allylic oxidation sites excluding steroid dienone is 1. The summed E-state index contributed by atoms with van der Waals surface area (Å²) in [7, 11) is 0. The molecule has 0 saturated carbocycles. The van der Waals surface area contributed by atoms with E-state index in [1.807, 2.05) is 18.2 Å². The molecule has 0 fully saturated rings. The molecule has 0 atom stereocenters. The van der Waals surface area contributed by atoms with Gasteiger partial charge < -0.3 is 16.0 Å². The van der Waals surface area contributed by atoms with Gasteiger partial charge in [0.15, 0.2) is 0 Å². The van der Waals surface area contributed by atoms with E-state index in [0.29, 0.717) is 16.4 Å². The number of nitrogens with one attached hydrogen (secondary N) is 1. The lowest BCUT2D eigenvalue weighted by atomic mass is 10.1. The molecule has 1 aromatic rings. The SMILES string of the molecule is CCCCCCN(CCCCCC)c1ccc(NC(=O)C=C(C)N)cc1Cl. The van der Waals surface area contributed by atoms with E-state index in [2.05, 4.69) is 24.1 Å². The Morgan fingerprint density at radius 3 is 2.15 bits per heavy atom. The molecule has 4 nitrogen and oxygen atoms in total. The van der Waals surface area contributed by atoms with Crippen molar-refractivity contribution in [1.82, 2.24) is 0 Å². The summed E-state index contributed by atoms with van der Waals surface area (Å²) < 4.78 is 0. The van der Waals surface area contributed by atoms with E-state index < -0.39 is 0 Å². The molecule has 0 bridgehead atoms. The van der Waals surface area contributed by atoms with Crippen LogP contribution in [0.1, 0.15) is 72.1 Å². The highest BCUT2D eigenvalue weighted by Crippen LogP contribution is 2.30. The summed E-state index contributed by atoms with van der Waals surface area (Å²) >= 11 is 6.56. The molecule has 0 unspecified atom stereocenters. The molecule has 3 N–H and O–H groups in total. The van der Waals surface area contributed by atoms with Gasteiger partial charge in [-0.2, -0.15) is 0 Å². The van der Waals surface area contributed by atoms with Crippen LogP contribution in [-0.2, 0) is 4.79 Å². The molecule has 1 aromatic carbocycles. The van der Waals surface area contributed by atoms with Crippen LogP contribution in [0.3, 0.4) is 0 Å². The van der Waals surface area contributed by atoms with Crippen molar-refractivity contribution in [1.29, 1.82) is 0 Å². The van der Waals surface area contributed by atoms with Crippen LogP contribution in [0.15, 0.2) is 30.0 Å². The number of nitrogens with two attached hydrogens (primary N) is 1. The highest BCUT2D eigenvalue weighted by atomic mass is 35.5. The third-order valence-corrected chi connectivity index (χ3v) is 4.78. The van der Waals surface area contributed by atoms with Gasteiger partial charge in [-0.3, -0.25) is 4.79 Å². The first-order valence-corrected chi connectivity index (χ1v) is 10.6. The van der Waals surface area contributed by atoms with Crippen molar-refractivity contribution in [2.45, 2.75) is 72.1 Å². The summed E-state index contributed by atoms with van der Waals surface area (Å²) in [6.07, 6.45) is 11.2. The van der Waals surface area contributed by atoms with Crippen molar-refractivity contribution in [2.24, 2.45) is 5.73 Å². The number of halogens is 1. The number of benzene rings is 1. The van der Waals surface area contributed by atoms with E-state index in [4.69, 9.17) is 17.3 Å². The monoisotopic (exact) mass is 393 g/mol. The van der Waals surface area contributed by atoms with Crippen molar-refractivity contribution in [3.05, 3.63) is 35.0 Å². The molecule has 0 aliphatic heterocycles. The average Bonchev–Trinajstić information content (AvgIpc) is 2.60. The molecule has 1 amide bonds. The minimum absolute atomic E-state index is 0.241. The first kappa shape index (κ1) is 23.4. The molecule has 0 heterocycles. The van der Waals surface area contributed by atoms with Gasteiger partial charge in [-0.05, 0) is 38.0 Å². The van der Waals surface area contributed by atoms with E-state index in [9.17, 15) is 4.79 Å². The summed E-state index contributed by atoms with van der Waals surface area (Å²) in [5.41, 5.74) is 7.75. The quantitative estimate of drug-likeness (QED) is 0.314. The van der Waals surface area contributed by atoms with Gasteiger partial charge in [0.25, 0.3) is 0 Å². The normalized spacial score (nSPS) is 11.5. The molecule has 0 spiro atoms. The predicted molar refractivity (Wildman–Crippen MR) is 119 cm³/mol. The second-order valence-electron chi connectivity index (χ2n) is 7.15. The van der Waals surface area contributed by atoms with Crippen molar-refractivity contribution in [3.63, 3.8) is 0 Å². The Morgan fingerprint density at radius 2 is 1.67 bits per heavy atom. The van der Waals surface area contributed by atoms with Gasteiger partial charge in [0.05, 0.1) is 10.7 Å². The maximum atomic E-state index is 11.8. The van der Waals surface area contributed by atoms with Gasteiger partial charge in [-0.1, -0.05) is 64.0 Å². The zero-order valence-corrected chi connectivity index (χ0v) is 17.9. The molecule has 5 heteroatoms. The molecule has 0 aromatic heterocycles. The maximum absolute atomic E-state index is 11.8.